The summed E-state index contributed by atoms with van der Waals surface area (Å²) in [5.41, 5.74) is 3.30. The number of rotatable bonds is 4. The van der Waals surface area contributed by atoms with Crippen molar-refractivity contribution in [3.05, 3.63) is 64.3 Å². The predicted octanol–water partition coefficient (Wildman–Crippen LogP) is 4.21. The van der Waals surface area contributed by atoms with E-state index in [-0.39, 0.29) is 11.5 Å². The molecule has 0 bridgehead atoms. The number of aryl methyl sites for hydroxylation is 1. The van der Waals surface area contributed by atoms with Gasteiger partial charge >= 0.3 is 0 Å². The quantitative estimate of drug-likeness (QED) is 0.564. The van der Waals surface area contributed by atoms with Crippen molar-refractivity contribution >= 4 is 43.4 Å². The topological polar surface area (TPSA) is 76.9 Å². The lowest BCUT2D eigenvalue weighted by Crippen LogP contribution is -2.33. The lowest BCUT2D eigenvalue weighted by molar-refractivity contribution is -0.119. The van der Waals surface area contributed by atoms with Crippen molar-refractivity contribution in [2.24, 2.45) is 0 Å². The lowest BCUT2D eigenvalue weighted by atomic mass is 10.1. The second kappa shape index (κ2) is 7.16. The first-order chi connectivity index (χ1) is 13.5. The van der Waals surface area contributed by atoms with E-state index in [1.54, 1.807) is 6.20 Å². The van der Waals surface area contributed by atoms with Crippen molar-refractivity contribution in [2.75, 3.05) is 5.32 Å². The van der Waals surface area contributed by atoms with Gasteiger partial charge in [0.1, 0.15) is 15.6 Å². The summed E-state index contributed by atoms with van der Waals surface area (Å²) in [6.45, 7) is 5.85. The van der Waals surface area contributed by atoms with Crippen LogP contribution in [0, 0.1) is 13.8 Å². The standard InChI is InChI=1S/C21H20N4O2S/c1-4-16(19(26)24-15-9-5-7-12(2)13(15)3)25-11-23-17-14-8-6-10-22-20(14)28-18(17)21(25)27/h5-11,16H,4H2,1-3H3,(H,24,26). The maximum Gasteiger partial charge on any atom is 0.272 e. The van der Waals surface area contributed by atoms with Gasteiger partial charge in [-0.1, -0.05) is 19.1 Å². The number of anilines is 1. The normalized spacial score (nSPS) is 12.4. The summed E-state index contributed by atoms with van der Waals surface area (Å²) in [7, 11) is 0. The van der Waals surface area contributed by atoms with Crippen LogP contribution in [0.1, 0.15) is 30.5 Å². The molecule has 0 aliphatic heterocycles. The van der Waals surface area contributed by atoms with Crippen LogP contribution < -0.4 is 10.9 Å². The molecule has 1 atom stereocenters. The molecule has 0 fully saturated rings. The van der Waals surface area contributed by atoms with Gasteiger partial charge in [-0.25, -0.2) is 9.97 Å². The van der Waals surface area contributed by atoms with Crippen LogP contribution in [0.5, 0.6) is 0 Å². The molecular weight excluding hydrogens is 372 g/mol. The molecule has 7 heteroatoms. The number of thiophene rings is 1. The van der Waals surface area contributed by atoms with Gasteiger partial charge < -0.3 is 5.32 Å². The summed E-state index contributed by atoms with van der Waals surface area (Å²) in [5, 5.41) is 3.83. The Morgan fingerprint density at radius 3 is 2.82 bits per heavy atom. The van der Waals surface area contributed by atoms with Crippen LogP contribution in [-0.2, 0) is 4.79 Å². The number of hydrogen-bond acceptors (Lipinski definition) is 5. The van der Waals surface area contributed by atoms with Crippen molar-refractivity contribution in [3.8, 4) is 0 Å². The summed E-state index contributed by atoms with van der Waals surface area (Å²) in [6, 6.07) is 8.87. The average Bonchev–Trinajstić information content (AvgIpc) is 3.07. The Balaban J connectivity index is 1.75. The number of aromatic nitrogens is 3. The molecule has 4 aromatic rings. The smallest absolute Gasteiger partial charge is 0.272 e. The third kappa shape index (κ3) is 2.97. The molecule has 0 saturated carbocycles. The first kappa shape index (κ1) is 18.3. The number of fused-ring (bicyclic) bond motifs is 3. The van der Waals surface area contributed by atoms with E-state index in [1.165, 1.54) is 22.2 Å². The Morgan fingerprint density at radius 1 is 1.21 bits per heavy atom. The van der Waals surface area contributed by atoms with Crippen molar-refractivity contribution in [1.29, 1.82) is 0 Å². The highest BCUT2D eigenvalue weighted by molar-refractivity contribution is 7.25. The van der Waals surface area contributed by atoms with Crippen molar-refractivity contribution in [1.82, 2.24) is 14.5 Å². The van der Waals surface area contributed by atoms with E-state index in [4.69, 9.17) is 0 Å². The van der Waals surface area contributed by atoms with Crippen LogP contribution in [0.3, 0.4) is 0 Å². The van der Waals surface area contributed by atoms with Gasteiger partial charge in [0.25, 0.3) is 5.56 Å². The Hall–Kier alpha value is -3.06. The van der Waals surface area contributed by atoms with Gasteiger partial charge in [-0.15, -0.1) is 11.3 Å². The summed E-state index contributed by atoms with van der Waals surface area (Å²) in [6.07, 6.45) is 3.65. The molecule has 0 aliphatic rings. The molecule has 1 unspecified atom stereocenters. The number of benzene rings is 1. The molecule has 1 aromatic carbocycles. The average molecular weight is 392 g/mol. The Bertz CT molecular complexity index is 1260. The predicted molar refractivity (Wildman–Crippen MR) is 113 cm³/mol. The van der Waals surface area contributed by atoms with Crippen molar-refractivity contribution in [3.63, 3.8) is 0 Å². The third-order valence-electron chi connectivity index (χ3n) is 5.07. The van der Waals surface area contributed by atoms with Gasteiger partial charge in [0, 0.05) is 17.3 Å². The number of carbonyl (C=O) groups is 1. The second-order valence-electron chi connectivity index (χ2n) is 6.75. The summed E-state index contributed by atoms with van der Waals surface area (Å²) >= 11 is 1.31. The highest BCUT2D eigenvalue weighted by atomic mass is 32.1. The molecule has 6 nitrogen and oxygen atoms in total. The molecule has 3 heterocycles. The first-order valence-corrected chi connectivity index (χ1v) is 9.94. The van der Waals surface area contributed by atoms with Crippen LogP contribution in [0.2, 0.25) is 0 Å². The fraction of sp³-hybridized carbons (Fsp3) is 0.238. The fourth-order valence-corrected chi connectivity index (χ4v) is 4.35. The highest BCUT2D eigenvalue weighted by Gasteiger charge is 2.23. The lowest BCUT2D eigenvalue weighted by Gasteiger charge is -2.18. The van der Waals surface area contributed by atoms with Gasteiger partial charge in [0.2, 0.25) is 5.91 Å². The minimum absolute atomic E-state index is 0.212. The fourth-order valence-electron chi connectivity index (χ4n) is 3.32. The Labute approximate surface area is 165 Å². The number of carbonyl (C=O) groups excluding carboxylic acids is 1. The van der Waals surface area contributed by atoms with E-state index in [1.807, 2.05) is 51.1 Å². The zero-order valence-electron chi connectivity index (χ0n) is 15.9. The molecule has 0 aliphatic carbocycles. The third-order valence-corrected chi connectivity index (χ3v) is 6.16. The molecule has 1 amide bonds. The SMILES string of the molecule is CCC(C(=O)Nc1cccc(C)c1C)n1cnc2c(sc3ncccc32)c1=O. The summed E-state index contributed by atoms with van der Waals surface area (Å²) in [4.78, 5) is 35.6. The van der Waals surface area contributed by atoms with Crippen LogP contribution in [0.15, 0.2) is 47.7 Å². The zero-order chi connectivity index (χ0) is 19.8. The van der Waals surface area contributed by atoms with E-state index in [2.05, 4.69) is 15.3 Å². The number of hydrogen-bond donors (Lipinski definition) is 1. The summed E-state index contributed by atoms with van der Waals surface area (Å²) < 4.78 is 1.95. The second-order valence-corrected chi connectivity index (χ2v) is 7.75. The molecule has 142 valence electrons. The molecule has 0 saturated heterocycles. The number of nitrogens with one attached hydrogen (secondary N) is 1. The Kier molecular flexibility index (Phi) is 4.68. The van der Waals surface area contributed by atoms with Gasteiger partial charge in [0.05, 0.1) is 11.8 Å². The van der Waals surface area contributed by atoms with E-state index >= 15 is 0 Å². The van der Waals surface area contributed by atoms with Gasteiger partial charge in [-0.3, -0.25) is 14.2 Å². The van der Waals surface area contributed by atoms with Crippen molar-refractivity contribution in [2.45, 2.75) is 33.2 Å². The minimum Gasteiger partial charge on any atom is -0.324 e. The van der Waals surface area contributed by atoms with E-state index in [0.717, 1.165) is 27.0 Å². The molecule has 0 radical (unpaired) electrons. The number of amides is 1. The monoisotopic (exact) mass is 392 g/mol. The molecule has 0 spiro atoms. The molecule has 1 N–H and O–H groups in total. The number of nitrogens with zero attached hydrogens (tertiary/aromatic N) is 3. The maximum atomic E-state index is 13.1. The van der Waals surface area contributed by atoms with Gasteiger partial charge in [-0.2, -0.15) is 0 Å². The van der Waals surface area contributed by atoms with E-state index in [0.29, 0.717) is 16.6 Å². The van der Waals surface area contributed by atoms with Crippen LogP contribution >= 0.6 is 11.3 Å². The molecule has 3 aromatic heterocycles. The molecular formula is C21H20N4O2S. The van der Waals surface area contributed by atoms with Crippen LogP contribution in [0.25, 0.3) is 20.4 Å². The maximum absolute atomic E-state index is 13.1. The van der Waals surface area contributed by atoms with Gasteiger partial charge in [-0.05, 0) is 49.6 Å². The van der Waals surface area contributed by atoms with Gasteiger partial charge in [0.15, 0.2) is 0 Å². The van der Waals surface area contributed by atoms with E-state index in [9.17, 15) is 9.59 Å². The van der Waals surface area contributed by atoms with E-state index < -0.39 is 6.04 Å². The first-order valence-electron chi connectivity index (χ1n) is 9.12. The zero-order valence-corrected chi connectivity index (χ0v) is 16.7. The van der Waals surface area contributed by atoms with Crippen LogP contribution in [-0.4, -0.2) is 20.4 Å². The number of pyridine rings is 1. The minimum atomic E-state index is -0.637. The molecule has 4 rings (SSSR count). The Morgan fingerprint density at radius 2 is 2.04 bits per heavy atom. The summed E-state index contributed by atoms with van der Waals surface area (Å²) in [5.74, 6) is -0.223. The van der Waals surface area contributed by atoms with Crippen molar-refractivity contribution < 1.29 is 4.79 Å². The van der Waals surface area contributed by atoms with Crippen LogP contribution in [0.4, 0.5) is 5.69 Å². The highest BCUT2D eigenvalue weighted by Crippen LogP contribution is 2.29. The largest absolute Gasteiger partial charge is 0.324 e. The molecule has 28 heavy (non-hydrogen) atoms.